The van der Waals surface area contributed by atoms with Crippen LogP contribution in [-0.2, 0) is 4.79 Å². The number of nitrogens with one attached hydrogen (secondary N) is 2. The Kier molecular flexibility index (Phi) is 2.60. The Bertz CT molecular complexity index is 404. The number of benzene rings is 1. The number of rotatable bonds is 1. The minimum atomic E-state index is -0.462. The first-order valence-electron chi connectivity index (χ1n) is 4.51. The molecule has 1 heterocycles. The second-order valence-electron chi connectivity index (χ2n) is 3.33. The summed E-state index contributed by atoms with van der Waals surface area (Å²) in [5, 5.41) is 5.42. The van der Waals surface area contributed by atoms with Crippen LogP contribution in [0.1, 0.15) is 18.0 Å². The van der Waals surface area contributed by atoms with Gasteiger partial charge in [-0.3, -0.25) is 10.1 Å². The second-order valence-corrected chi connectivity index (χ2v) is 3.77. The van der Waals surface area contributed by atoms with Gasteiger partial charge in [0.05, 0.1) is 12.5 Å². The van der Waals surface area contributed by atoms with E-state index in [1.807, 2.05) is 6.07 Å². The van der Waals surface area contributed by atoms with Crippen molar-refractivity contribution in [3.63, 3.8) is 0 Å². The van der Waals surface area contributed by atoms with Crippen molar-refractivity contribution in [1.29, 1.82) is 0 Å². The van der Waals surface area contributed by atoms with Crippen molar-refractivity contribution in [2.45, 2.75) is 12.5 Å². The van der Waals surface area contributed by atoms with Crippen molar-refractivity contribution in [3.8, 4) is 0 Å². The third-order valence-corrected chi connectivity index (χ3v) is 2.43. The molecule has 4 nitrogen and oxygen atoms in total. The molecule has 1 atom stereocenters. The predicted molar refractivity (Wildman–Crippen MR) is 55.5 cm³/mol. The molecule has 0 radical (unpaired) electrons. The van der Waals surface area contributed by atoms with Gasteiger partial charge in [0, 0.05) is 5.02 Å². The molecule has 0 saturated carbocycles. The van der Waals surface area contributed by atoms with Crippen molar-refractivity contribution in [3.05, 3.63) is 34.9 Å². The molecule has 1 aromatic rings. The first-order valence-corrected chi connectivity index (χ1v) is 4.89. The Balaban J connectivity index is 2.23. The fourth-order valence-electron chi connectivity index (χ4n) is 1.53. The fraction of sp³-hybridized carbons (Fsp3) is 0.200. The van der Waals surface area contributed by atoms with E-state index in [0.29, 0.717) is 5.02 Å². The summed E-state index contributed by atoms with van der Waals surface area (Å²) in [7, 11) is 0. The van der Waals surface area contributed by atoms with Gasteiger partial charge in [-0.2, -0.15) is 0 Å². The molecule has 1 aromatic carbocycles. The van der Waals surface area contributed by atoms with Crippen molar-refractivity contribution in [2.75, 3.05) is 0 Å². The number of hydrogen-bond acceptors (Lipinski definition) is 2. The molecule has 0 aliphatic carbocycles. The molecule has 3 amide bonds. The maximum Gasteiger partial charge on any atom is 0.321 e. The number of amides is 3. The third-order valence-electron chi connectivity index (χ3n) is 2.20. The van der Waals surface area contributed by atoms with E-state index in [0.717, 1.165) is 5.56 Å². The van der Waals surface area contributed by atoms with E-state index in [4.69, 9.17) is 11.6 Å². The number of halogens is 1. The lowest BCUT2D eigenvalue weighted by molar-refractivity contribution is -0.121. The van der Waals surface area contributed by atoms with E-state index in [9.17, 15) is 9.59 Å². The summed E-state index contributed by atoms with van der Waals surface area (Å²) in [5.41, 5.74) is 0.839. The smallest absolute Gasteiger partial charge is 0.321 e. The van der Waals surface area contributed by atoms with Crippen LogP contribution in [-0.4, -0.2) is 11.9 Å². The number of carbonyl (C=O) groups excluding carboxylic acids is 2. The van der Waals surface area contributed by atoms with Crippen LogP contribution in [0.4, 0.5) is 4.79 Å². The number of carbonyl (C=O) groups is 2. The summed E-state index contributed by atoms with van der Waals surface area (Å²) < 4.78 is 0. The van der Waals surface area contributed by atoms with Crippen LogP contribution in [0.25, 0.3) is 0 Å². The van der Waals surface area contributed by atoms with Crippen LogP contribution in [0.3, 0.4) is 0 Å². The van der Waals surface area contributed by atoms with Crippen molar-refractivity contribution >= 4 is 23.5 Å². The first-order chi connectivity index (χ1) is 7.15. The molecule has 2 N–H and O–H groups in total. The number of imide groups is 1. The zero-order valence-electron chi connectivity index (χ0n) is 7.79. The summed E-state index contributed by atoms with van der Waals surface area (Å²) in [6.07, 6.45) is 0.242. The first kappa shape index (κ1) is 9.98. The molecule has 1 fully saturated rings. The Morgan fingerprint density at radius 2 is 2.13 bits per heavy atom. The molecule has 1 saturated heterocycles. The molecule has 1 aliphatic rings. The Labute approximate surface area is 91.6 Å². The molecule has 0 bridgehead atoms. The van der Waals surface area contributed by atoms with Gasteiger partial charge in [0.25, 0.3) is 0 Å². The van der Waals surface area contributed by atoms with E-state index in [2.05, 4.69) is 10.6 Å². The predicted octanol–water partition coefficient (Wildman–Crippen LogP) is 1.61. The average Bonchev–Trinajstić information content (AvgIpc) is 2.16. The zero-order chi connectivity index (χ0) is 10.8. The standard InChI is InChI=1S/C10H9ClN2O2/c11-7-3-1-2-6(4-7)8-5-9(14)13-10(15)12-8/h1-4,8H,5H2,(H2,12,13,14,15). The lowest BCUT2D eigenvalue weighted by Gasteiger charge is -2.23. The van der Waals surface area contributed by atoms with Crippen LogP contribution >= 0.6 is 11.6 Å². The lowest BCUT2D eigenvalue weighted by Crippen LogP contribution is -2.48. The van der Waals surface area contributed by atoms with Gasteiger partial charge in [-0.1, -0.05) is 23.7 Å². The van der Waals surface area contributed by atoms with Crippen molar-refractivity contribution in [2.24, 2.45) is 0 Å². The quantitative estimate of drug-likeness (QED) is 0.762. The average molecular weight is 225 g/mol. The van der Waals surface area contributed by atoms with Crippen LogP contribution in [0.5, 0.6) is 0 Å². The number of hydrogen-bond donors (Lipinski definition) is 2. The largest absolute Gasteiger partial charge is 0.330 e. The zero-order valence-corrected chi connectivity index (χ0v) is 8.54. The lowest BCUT2D eigenvalue weighted by atomic mass is 10.0. The highest BCUT2D eigenvalue weighted by Gasteiger charge is 2.24. The molecule has 0 spiro atoms. The van der Waals surface area contributed by atoms with Gasteiger partial charge >= 0.3 is 6.03 Å². The highest BCUT2D eigenvalue weighted by atomic mass is 35.5. The van der Waals surface area contributed by atoms with E-state index in [-0.39, 0.29) is 18.4 Å². The van der Waals surface area contributed by atoms with Gasteiger partial charge in [0.15, 0.2) is 0 Å². The maximum absolute atomic E-state index is 11.1. The Hall–Kier alpha value is -1.55. The van der Waals surface area contributed by atoms with Crippen molar-refractivity contribution in [1.82, 2.24) is 10.6 Å². The maximum atomic E-state index is 11.1. The third kappa shape index (κ3) is 2.27. The van der Waals surface area contributed by atoms with Gasteiger partial charge in [-0.15, -0.1) is 0 Å². The molecule has 15 heavy (non-hydrogen) atoms. The molecule has 1 aliphatic heterocycles. The summed E-state index contributed by atoms with van der Waals surface area (Å²) in [6, 6.07) is 6.35. The Morgan fingerprint density at radius 3 is 2.80 bits per heavy atom. The summed E-state index contributed by atoms with van der Waals surface area (Å²) >= 11 is 5.82. The SMILES string of the molecule is O=C1CC(c2cccc(Cl)c2)NC(=O)N1. The molecular formula is C10H9ClN2O2. The molecule has 2 rings (SSSR count). The fourth-order valence-corrected chi connectivity index (χ4v) is 1.73. The molecule has 0 aromatic heterocycles. The normalized spacial score (nSPS) is 20.7. The van der Waals surface area contributed by atoms with Crippen molar-refractivity contribution < 1.29 is 9.59 Å². The highest BCUT2D eigenvalue weighted by molar-refractivity contribution is 6.30. The summed E-state index contributed by atoms with van der Waals surface area (Å²) in [6.45, 7) is 0. The summed E-state index contributed by atoms with van der Waals surface area (Å²) in [4.78, 5) is 22.2. The monoisotopic (exact) mass is 224 g/mol. The number of urea groups is 1. The molecule has 78 valence electrons. The van der Waals surface area contributed by atoms with E-state index in [1.165, 1.54) is 0 Å². The van der Waals surface area contributed by atoms with Gasteiger partial charge < -0.3 is 5.32 Å². The second kappa shape index (κ2) is 3.90. The Morgan fingerprint density at radius 1 is 1.33 bits per heavy atom. The minimum Gasteiger partial charge on any atom is -0.330 e. The van der Waals surface area contributed by atoms with E-state index < -0.39 is 6.03 Å². The molecular weight excluding hydrogens is 216 g/mol. The van der Waals surface area contributed by atoms with E-state index >= 15 is 0 Å². The van der Waals surface area contributed by atoms with Crippen LogP contribution in [0.15, 0.2) is 24.3 Å². The van der Waals surface area contributed by atoms with Gasteiger partial charge in [-0.25, -0.2) is 4.79 Å². The van der Waals surface area contributed by atoms with Gasteiger partial charge in [0.1, 0.15) is 0 Å². The molecule has 1 unspecified atom stereocenters. The van der Waals surface area contributed by atoms with Crippen LogP contribution < -0.4 is 10.6 Å². The molecule has 5 heteroatoms. The highest BCUT2D eigenvalue weighted by Crippen LogP contribution is 2.21. The van der Waals surface area contributed by atoms with Crippen LogP contribution in [0.2, 0.25) is 5.02 Å². The topological polar surface area (TPSA) is 58.2 Å². The van der Waals surface area contributed by atoms with Gasteiger partial charge in [0.2, 0.25) is 5.91 Å². The van der Waals surface area contributed by atoms with Gasteiger partial charge in [-0.05, 0) is 17.7 Å². The van der Waals surface area contributed by atoms with Crippen LogP contribution in [0, 0.1) is 0 Å². The summed E-state index contributed by atoms with van der Waals surface area (Å²) in [5.74, 6) is -0.274. The van der Waals surface area contributed by atoms with E-state index in [1.54, 1.807) is 18.2 Å². The minimum absolute atomic E-state index is 0.242.